The molecule has 2 aromatic rings. The highest BCUT2D eigenvalue weighted by Gasteiger charge is 2.39. The molecule has 0 spiro atoms. The third-order valence-electron chi connectivity index (χ3n) is 6.44. The highest BCUT2D eigenvalue weighted by molar-refractivity contribution is 5.96. The Kier molecular flexibility index (Phi) is 8.02. The number of aromatic nitrogens is 2. The standard InChI is InChI=1S/C23H23F3N4O2.C2HF3O2/c24-23(25,26)19-4-2-1-3-18(19)22(31)30-13-16-11-29(12-17(16)14-30)20-7-8-21(28-27-20)32-10-9-15-5-6-15;3-2(4,5)1(6)7/h1-4,7-8,15H,5-6,9-14H2;(H,6,7). The van der Waals surface area contributed by atoms with Crippen LogP contribution in [0.2, 0.25) is 0 Å². The Labute approximate surface area is 218 Å². The van der Waals surface area contributed by atoms with E-state index in [1.165, 1.54) is 35.9 Å². The second-order valence-electron chi connectivity index (χ2n) is 9.38. The number of ether oxygens (including phenoxy) is 1. The molecule has 0 unspecified atom stereocenters. The summed E-state index contributed by atoms with van der Waals surface area (Å²) in [7, 11) is 0. The van der Waals surface area contributed by atoms with E-state index in [4.69, 9.17) is 14.6 Å². The van der Waals surface area contributed by atoms with Crippen molar-refractivity contribution >= 4 is 17.7 Å². The molecular weight excluding hydrogens is 534 g/mol. The molecule has 0 bridgehead atoms. The second-order valence-corrected chi connectivity index (χ2v) is 9.38. The van der Waals surface area contributed by atoms with E-state index >= 15 is 0 Å². The largest absolute Gasteiger partial charge is 0.490 e. The van der Waals surface area contributed by atoms with Gasteiger partial charge >= 0.3 is 18.3 Å². The van der Waals surface area contributed by atoms with E-state index in [9.17, 15) is 31.1 Å². The third-order valence-corrected chi connectivity index (χ3v) is 6.44. The van der Waals surface area contributed by atoms with Crippen LogP contribution in [0.4, 0.5) is 32.2 Å². The molecule has 14 heteroatoms. The summed E-state index contributed by atoms with van der Waals surface area (Å²) in [6.07, 6.45) is -6.02. The summed E-state index contributed by atoms with van der Waals surface area (Å²) < 4.78 is 77.2. The van der Waals surface area contributed by atoms with Gasteiger partial charge in [0.2, 0.25) is 5.88 Å². The highest BCUT2D eigenvalue weighted by atomic mass is 19.4. The smallest absolute Gasteiger partial charge is 0.477 e. The zero-order valence-electron chi connectivity index (χ0n) is 20.4. The van der Waals surface area contributed by atoms with Gasteiger partial charge in [0.15, 0.2) is 5.82 Å². The molecule has 3 aliphatic rings. The van der Waals surface area contributed by atoms with Gasteiger partial charge in [-0.05, 0) is 41.7 Å². The number of carbonyl (C=O) groups is 2. The summed E-state index contributed by atoms with van der Waals surface area (Å²) in [6, 6.07) is 8.62. The Bertz CT molecular complexity index is 1220. The van der Waals surface area contributed by atoms with Crippen molar-refractivity contribution in [3.05, 3.63) is 58.7 Å². The number of rotatable bonds is 6. The van der Waals surface area contributed by atoms with Crippen molar-refractivity contribution in [1.29, 1.82) is 0 Å². The zero-order valence-corrected chi connectivity index (χ0v) is 20.4. The van der Waals surface area contributed by atoms with Gasteiger partial charge in [0.25, 0.3) is 5.91 Å². The number of anilines is 1. The molecule has 1 aromatic heterocycles. The Hall–Kier alpha value is -3.84. The van der Waals surface area contributed by atoms with Gasteiger partial charge in [0.05, 0.1) is 17.7 Å². The molecule has 2 aliphatic heterocycles. The summed E-state index contributed by atoms with van der Waals surface area (Å²) in [5.74, 6) is -1.32. The van der Waals surface area contributed by atoms with Crippen molar-refractivity contribution in [1.82, 2.24) is 15.1 Å². The molecule has 0 radical (unpaired) electrons. The van der Waals surface area contributed by atoms with E-state index < -0.39 is 29.8 Å². The molecule has 1 saturated carbocycles. The fourth-order valence-electron chi connectivity index (χ4n) is 4.27. The third kappa shape index (κ3) is 7.18. The highest BCUT2D eigenvalue weighted by Crippen LogP contribution is 2.35. The number of amides is 1. The number of carboxylic acid groups (broad SMARTS) is 1. The SMILES string of the molecule is O=C(O)C(F)(F)F.O=C(c1ccccc1C(F)(F)F)N1CC2=C(C1)CN(c1ccc(OCCC3CC3)nn1)C2. The van der Waals surface area contributed by atoms with E-state index in [1.807, 2.05) is 12.1 Å². The van der Waals surface area contributed by atoms with Gasteiger partial charge in [-0.25, -0.2) is 4.79 Å². The van der Waals surface area contributed by atoms with Crippen molar-refractivity contribution in [2.24, 2.45) is 5.92 Å². The molecule has 1 fully saturated rings. The number of hydrogen-bond acceptors (Lipinski definition) is 6. The van der Waals surface area contributed by atoms with Gasteiger partial charge in [-0.1, -0.05) is 25.0 Å². The van der Waals surface area contributed by atoms with Crippen LogP contribution >= 0.6 is 0 Å². The summed E-state index contributed by atoms with van der Waals surface area (Å²) in [6.45, 7) is 2.46. The van der Waals surface area contributed by atoms with Crippen LogP contribution in [0.15, 0.2) is 47.5 Å². The van der Waals surface area contributed by atoms with Gasteiger partial charge < -0.3 is 19.6 Å². The van der Waals surface area contributed by atoms with Gasteiger partial charge in [0, 0.05) is 32.2 Å². The van der Waals surface area contributed by atoms with Gasteiger partial charge in [0.1, 0.15) is 0 Å². The first-order valence-corrected chi connectivity index (χ1v) is 12.0. The fourth-order valence-corrected chi connectivity index (χ4v) is 4.27. The molecule has 1 aliphatic carbocycles. The van der Waals surface area contributed by atoms with Crippen molar-refractivity contribution < 1.29 is 45.8 Å². The van der Waals surface area contributed by atoms with E-state index in [0.717, 1.165) is 29.6 Å². The lowest BCUT2D eigenvalue weighted by Crippen LogP contribution is -2.35. The monoisotopic (exact) mass is 558 g/mol. The van der Waals surface area contributed by atoms with Crippen molar-refractivity contribution in [2.45, 2.75) is 31.6 Å². The van der Waals surface area contributed by atoms with E-state index in [0.29, 0.717) is 44.5 Å². The average molecular weight is 558 g/mol. The lowest BCUT2D eigenvalue weighted by molar-refractivity contribution is -0.192. The number of carboxylic acids is 1. The fraction of sp³-hybridized carbons (Fsp3) is 0.440. The second kappa shape index (κ2) is 11.1. The Balaban J connectivity index is 0.000000448. The molecule has 3 heterocycles. The molecule has 210 valence electrons. The maximum absolute atomic E-state index is 13.3. The predicted octanol–water partition coefficient (Wildman–Crippen LogP) is 4.58. The number of carbonyl (C=O) groups excluding carboxylic acids is 1. The first-order valence-electron chi connectivity index (χ1n) is 12.0. The summed E-state index contributed by atoms with van der Waals surface area (Å²) in [4.78, 5) is 25.2. The van der Waals surface area contributed by atoms with Crippen LogP contribution < -0.4 is 9.64 Å². The Morgan fingerprint density at radius 3 is 2.05 bits per heavy atom. The minimum absolute atomic E-state index is 0.304. The van der Waals surface area contributed by atoms with Crippen molar-refractivity contribution in [3.8, 4) is 5.88 Å². The molecule has 8 nitrogen and oxygen atoms in total. The average Bonchev–Trinajstić information content (AvgIpc) is 3.48. The number of halogens is 6. The first-order chi connectivity index (χ1) is 18.3. The maximum atomic E-state index is 13.3. The molecular formula is C25H24F6N4O4. The molecule has 5 rings (SSSR count). The molecule has 0 atom stereocenters. The molecule has 1 amide bonds. The summed E-state index contributed by atoms with van der Waals surface area (Å²) >= 11 is 0. The maximum Gasteiger partial charge on any atom is 0.490 e. The number of hydrogen-bond donors (Lipinski definition) is 1. The van der Waals surface area contributed by atoms with E-state index in [1.54, 1.807) is 0 Å². The normalized spacial score (nSPS) is 17.1. The van der Waals surface area contributed by atoms with Crippen LogP contribution in [0.1, 0.15) is 35.2 Å². The number of benzene rings is 1. The number of alkyl halides is 6. The molecule has 1 aromatic carbocycles. The van der Waals surface area contributed by atoms with Gasteiger partial charge in [-0.2, -0.15) is 26.3 Å². The summed E-state index contributed by atoms with van der Waals surface area (Å²) in [5, 5.41) is 15.5. The summed E-state index contributed by atoms with van der Waals surface area (Å²) in [5.41, 5.74) is 0.901. The number of nitrogens with zero attached hydrogens (tertiary/aromatic N) is 4. The quantitative estimate of drug-likeness (QED) is 0.410. The lowest BCUT2D eigenvalue weighted by atomic mass is 10.1. The van der Waals surface area contributed by atoms with E-state index in [-0.39, 0.29) is 5.56 Å². The molecule has 1 N–H and O–H groups in total. The minimum atomic E-state index is -5.08. The van der Waals surface area contributed by atoms with Gasteiger partial charge in [-0.3, -0.25) is 4.79 Å². The van der Waals surface area contributed by atoms with Crippen molar-refractivity contribution in [3.63, 3.8) is 0 Å². The Morgan fingerprint density at radius 1 is 0.923 bits per heavy atom. The minimum Gasteiger partial charge on any atom is -0.477 e. The van der Waals surface area contributed by atoms with Crippen LogP contribution in [0, 0.1) is 5.92 Å². The number of aliphatic carboxylic acids is 1. The topological polar surface area (TPSA) is 95.9 Å². The van der Waals surface area contributed by atoms with Crippen LogP contribution in [-0.4, -0.2) is 71.0 Å². The lowest BCUT2D eigenvalue weighted by Gasteiger charge is -2.24. The van der Waals surface area contributed by atoms with Gasteiger partial charge in [-0.15, -0.1) is 10.2 Å². The van der Waals surface area contributed by atoms with Crippen LogP contribution in [0.25, 0.3) is 0 Å². The predicted molar refractivity (Wildman–Crippen MR) is 125 cm³/mol. The molecule has 39 heavy (non-hydrogen) atoms. The van der Waals surface area contributed by atoms with E-state index in [2.05, 4.69) is 15.1 Å². The Morgan fingerprint density at radius 2 is 1.54 bits per heavy atom. The van der Waals surface area contributed by atoms with Crippen LogP contribution in [0.3, 0.4) is 0 Å². The van der Waals surface area contributed by atoms with Crippen molar-refractivity contribution in [2.75, 3.05) is 37.7 Å². The van der Waals surface area contributed by atoms with Crippen LogP contribution in [0.5, 0.6) is 5.88 Å². The zero-order chi connectivity index (χ0) is 28.4. The molecule has 0 saturated heterocycles. The van der Waals surface area contributed by atoms with Crippen LogP contribution in [-0.2, 0) is 11.0 Å². The first kappa shape index (κ1) is 28.2.